The van der Waals surface area contributed by atoms with Gasteiger partial charge in [0.25, 0.3) is 0 Å². The first-order valence-electron chi connectivity index (χ1n) is 6.44. The highest BCUT2D eigenvalue weighted by molar-refractivity contribution is 5.87. The fourth-order valence-corrected chi connectivity index (χ4v) is 2.68. The normalized spacial score (nSPS) is 29.8. The maximum atomic E-state index is 11.4. The molecule has 0 bridgehead atoms. The van der Waals surface area contributed by atoms with E-state index in [4.69, 9.17) is 4.74 Å². The maximum absolute atomic E-state index is 11.4. The van der Waals surface area contributed by atoms with Gasteiger partial charge < -0.3 is 4.74 Å². The second kappa shape index (κ2) is 6.07. The largest absolute Gasteiger partial charge is 0.459 e. The molecule has 3 unspecified atom stereocenters. The molecule has 16 heavy (non-hydrogen) atoms. The maximum Gasteiger partial charge on any atom is 0.333 e. The van der Waals surface area contributed by atoms with Crippen LogP contribution in [-0.2, 0) is 9.53 Å². The number of rotatable bonds is 4. The second-order valence-corrected chi connectivity index (χ2v) is 4.96. The van der Waals surface area contributed by atoms with Crippen LogP contribution >= 0.6 is 0 Å². The monoisotopic (exact) mass is 224 g/mol. The molecule has 2 nitrogen and oxygen atoms in total. The third-order valence-corrected chi connectivity index (χ3v) is 3.76. The van der Waals surface area contributed by atoms with E-state index in [0.717, 1.165) is 24.7 Å². The highest BCUT2D eigenvalue weighted by Crippen LogP contribution is 2.35. The Morgan fingerprint density at radius 1 is 1.25 bits per heavy atom. The van der Waals surface area contributed by atoms with Gasteiger partial charge in [-0.3, -0.25) is 0 Å². The molecule has 0 aliphatic heterocycles. The minimum absolute atomic E-state index is 0.122. The SMILES string of the molecule is C=C(C)C(=O)OC1CCC(CC)C(CC)C1. The molecule has 0 spiro atoms. The summed E-state index contributed by atoms with van der Waals surface area (Å²) in [6.07, 6.45) is 5.82. The smallest absolute Gasteiger partial charge is 0.333 e. The van der Waals surface area contributed by atoms with E-state index in [1.807, 2.05) is 0 Å². The zero-order valence-corrected chi connectivity index (χ0v) is 10.8. The molecule has 0 aromatic carbocycles. The molecule has 0 radical (unpaired) electrons. The van der Waals surface area contributed by atoms with Crippen molar-refractivity contribution < 1.29 is 9.53 Å². The Morgan fingerprint density at radius 2 is 1.88 bits per heavy atom. The van der Waals surface area contributed by atoms with E-state index in [0.29, 0.717) is 5.57 Å². The van der Waals surface area contributed by atoms with Gasteiger partial charge in [0, 0.05) is 5.57 Å². The summed E-state index contributed by atoms with van der Waals surface area (Å²) < 4.78 is 5.44. The summed E-state index contributed by atoms with van der Waals surface area (Å²) in [6.45, 7) is 9.81. The second-order valence-electron chi connectivity index (χ2n) is 4.96. The third-order valence-electron chi connectivity index (χ3n) is 3.76. The average molecular weight is 224 g/mol. The molecule has 0 amide bonds. The molecule has 92 valence electrons. The summed E-state index contributed by atoms with van der Waals surface area (Å²) in [5, 5.41) is 0. The molecule has 0 N–H and O–H groups in total. The van der Waals surface area contributed by atoms with Gasteiger partial charge in [0.1, 0.15) is 6.10 Å². The number of carbonyl (C=O) groups is 1. The van der Waals surface area contributed by atoms with Gasteiger partial charge in [-0.15, -0.1) is 0 Å². The van der Waals surface area contributed by atoms with Crippen LogP contribution in [0.5, 0.6) is 0 Å². The van der Waals surface area contributed by atoms with Crippen molar-refractivity contribution in [3.63, 3.8) is 0 Å². The lowest BCUT2D eigenvalue weighted by atomic mass is 9.75. The Hall–Kier alpha value is -0.790. The topological polar surface area (TPSA) is 26.3 Å². The van der Waals surface area contributed by atoms with Crippen molar-refractivity contribution in [2.75, 3.05) is 0 Å². The Kier molecular flexibility index (Phi) is 5.04. The number of hydrogen-bond acceptors (Lipinski definition) is 2. The van der Waals surface area contributed by atoms with Crippen LogP contribution in [0.15, 0.2) is 12.2 Å². The molecule has 0 saturated heterocycles. The molecule has 3 atom stereocenters. The summed E-state index contributed by atoms with van der Waals surface area (Å²) in [7, 11) is 0. The van der Waals surface area contributed by atoms with Crippen molar-refractivity contribution in [3.05, 3.63) is 12.2 Å². The molecule has 0 heterocycles. The number of carbonyl (C=O) groups excluding carboxylic acids is 1. The first-order chi connectivity index (χ1) is 7.58. The lowest BCUT2D eigenvalue weighted by Gasteiger charge is -2.34. The predicted molar refractivity (Wildman–Crippen MR) is 66.1 cm³/mol. The van der Waals surface area contributed by atoms with Crippen LogP contribution in [0, 0.1) is 11.8 Å². The molecule has 1 rings (SSSR count). The van der Waals surface area contributed by atoms with Gasteiger partial charge in [0.05, 0.1) is 0 Å². The van der Waals surface area contributed by atoms with Crippen LogP contribution in [0.25, 0.3) is 0 Å². The zero-order chi connectivity index (χ0) is 12.1. The average Bonchev–Trinajstić information content (AvgIpc) is 2.28. The van der Waals surface area contributed by atoms with Gasteiger partial charge in [0.15, 0.2) is 0 Å². The highest BCUT2D eigenvalue weighted by Gasteiger charge is 2.30. The summed E-state index contributed by atoms with van der Waals surface area (Å²) in [5.74, 6) is 1.32. The number of ether oxygens (including phenoxy) is 1. The quantitative estimate of drug-likeness (QED) is 0.537. The lowest BCUT2D eigenvalue weighted by molar-refractivity contribution is -0.147. The van der Waals surface area contributed by atoms with Gasteiger partial charge in [-0.1, -0.05) is 33.3 Å². The Bertz CT molecular complexity index is 257. The van der Waals surface area contributed by atoms with E-state index < -0.39 is 0 Å². The van der Waals surface area contributed by atoms with Crippen LogP contribution in [0.4, 0.5) is 0 Å². The van der Waals surface area contributed by atoms with E-state index in [2.05, 4.69) is 20.4 Å². The molecule has 2 heteroatoms. The van der Waals surface area contributed by atoms with Crippen molar-refractivity contribution in [1.82, 2.24) is 0 Å². The molecular weight excluding hydrogens is 200 g/mol. The highest BCUT2D eigenvalue weighted by atomic mass is 16.5. The minimum atomic E-state index is -0.227. The third kappa shape index (κ3) is 3.36. The fraction of sp³-hybridized carbons (Fsp3) is 0.786. The van der Waals surface area contributed by atoms with E-state index in [1.165, 1.54) is 19.3 Å². The van der Waals surface area contributed by atoms with Gasteiger partial charge in [-0.2, -0.15) is 0 Å². The summed E-state index contributed by atoms with van der Waals surface area (Å²) >= 11 is 0. The van der Waals surface area contributed by atoms with Gasteiger partial charge >= 0.3 is 5.97 Å². The number of esters is 1. The van der Waals surface area contributed by atoms with Crippen molar-refractivity contribution in [2.24, 2.45) is 11.8 Å². The van der Waals surface area contributed by atoms with Gasteiger partial charge in [0.2, 0.25) is 0 Å². The zero-order valence-electron chi connectivity index (χ0n) is 10.8. The van der Waals surface area contributed by atoms with Crippen molar-refractivity contribution in [2.45, 2.75) is 59.0 Å². The van der Waals surface area contributed by atoms with Crippen molar-refractivity contribution >= 4 is 5.97 Å². The first kappa shape index (κ1) is 13.3. The van der Waals surface area contributed by atoms with Crippen LogP contribution in [0.1, 0.15) is 52.9 Å². The van der Waals surface area contributed by atoms with E-state index in [9.17, 15) is 4.79 Å². The standard InChI is InChI=1S/C14H24O2/c1-5-11-7-8-13(9-12(11)6-2)16-14(15)10(3)4/h11-13H,3,5-9H2,1-2,4H3. The molecule has 0 aromatic rings. The fourth-order valence-electron chi connectivity index (χ4n) is 2.68. The molecule has 1 aliphatic carbocycles. The van der Waals surface area contributed by atoms with Crippen molar-refractivity contribution in [1.29, 1.82) is 0 Å². The van der Waals surface area contributed by atoms with Crippen LogP contribution in [-0.4, -0.2) is 12.1 Å². The molecule has 1 fully saturated rings. The predicted octanol–water partition coefficient (Wildman–Crippen LogP) is 3.71. The van der Waals surface area contributed by atoms with Gasteiger partial charge in [-0.25, -0.2) is 4.79 Å². The van der Waals surface area contributed by atoms with E-state index in [-0.39, 0.29) is 12.1 Å². The molecule has 1 aliphatic rings. The van der Waals surface area contributed by atoms with E-state index >= 15 is 0 Å². The summed E-state index contributed by atoms with van der Waals surface area (Å²) in [5.41, 5.74) is 0.505. The Labute approximate surface area is 99.1 Å². The first-order valence-corrected chi connectivity index (χ1v) is 6.44. The molecule has 0 aromatic heterocycles. The summed E-state index contributed by atoms with van der Waals surface area (Å²) in [6, 6.07) is 0. The van der Waals surface area contributed by atoms with Crippen LogP contribution in [0.2, 0.25) is 0 Å². The Balaban J connectivity index is 2.47. The van der Waals surface area contributed by atoms with Crippen LogP contribution in [0.3, 0.4) is 0 Å². The van der Waals surface area contributed by atoms with Gasteiger partial charge in [-0.05, 0) is 38.0 Å². The number of hydrogen-bond donors (Lipinski definition) is 0. The van der Waals surface area contributed by atoms with Crippen LogP contribution < -0.4 is 0 Å². The van der Waals surface area contributed by atoms with E-state index in [1.54, 1.807) is 6.92 Å². The minimum Gasteiger partial charge on any atom is -0.459 e. The lowest BCUT2D eigenvalue weighted by Crippen LogP contribution is -2.30. The van der Waals surface area contributed by atoms with Crippen molar-refractivity contribution in [3.8, 4) is 0 Å². The molecule has 1 saturated carbocycles. The molecular formula is C14H24O2. The Morgan fingerprint density at radius 3 is 2.38 bits per heavy atom. The summed E-state index contributed by atoms with van der Waals surface area (Å²) in [4.78, 5) is 11.4.